The van der Waals surface area contributed by atoms with E-state index in [9.17, 15) is 9.59 Å². The highest BCUT2D eigenvalue weighted by Crippen LogP contribution is 2.48. The number of benzene rings is 4. The normalized spacial score (nSPS) is 16.3. The van der Waals surface area contributed by atoms with Gasteiger partial charge >= 0.3 is 0 Å². The Morgan fingerprint density at radius 1 is 0.694 bits per heavy atom. The van der Waals surface area contributed by atoms with Crippen LogP contribution >= 0.6 is 0 Å². The maximum atomic E-state index is 13.8. The Hall–Kier alpha value is -4.04. The molecule has 0 spiro atoms. The molecule has 0 aliphatic heterocycles. The third-order valence-electron chi connectivity index (χ3n) is 8.21. The number of aryl methyl sites for hydroxylation is 2. The van der Waals surface area contributed by atoms with Gasteiger partial charge in [0.25, 0.3) is 0 Å². The Balaban J connectivity index is 1.43. The van der Waals surface area contributed by atoms with Crippen LogP contribution in [0.1, 0.15) is 80.3 Å². The van der Waals surface area contributed by atoms with E-state index in [2.05, 4.69) is 43.3 Å². The molecule has 4 aromatic rings. The second-order valence-electron chi connectivity index (χ2n) is 10.1. The molecule has 3 aliphatic carbocycles. The third kappa shape index (κ3) is 2.97. The van der Waals surface area contributed by atoms with Crippen LogP contribution in [0.5, 0.6) is 0 Å². The first kappa shape index (κ1) is 21.3. The third-order valence-corrected chi connectivity index (χ3v) is 8.21. The number of ketones is 2. The number of carbonyl (C=O) groups excluding carboxylic acids is 2. The molecule has 0 fully saturated rings. The van der Waals surface area contributed by atoms with Gasteiger partial charge in [0.1, 0.15) is 0 Å². The van der Waals surface area contributed by atoms with Crippen LogP contribution in [0.15, 0.2) is 84.4 Å². The van der Waals surface area contributed by atoms with Crippen molar-refractivity contribution in [2.24, 2.45) is 0 Å². The molecule has 7 rings (SSSR count). The van der Waals surface area contributed by atoms with Gasteiger partial charge in [-0.1, -0.05) is 91.4 Å². The molecule has 0 atom stereocenters. The van der Waals surface area contributed by atoms with Crippen LogP contribution in [0.25, 0.3) is 21.9 Å². The summed E-state index contributed by atoms with van der Waals surface area (Å²) in [6, 6.07) is 24.4. The predicted molar refractivity (Wildman–Crippen MR) is 146 cm³/mol. The molecule has 0 amide bonds. The minimum Gasteiger partial charge on any atom is -0.289 e. The summed E-state index contributed by atoms with van der Waals surface area (Å²) in [5.74, 6) is -0.111. The lowest BCUT2D eigenvalue weighted by Crippen LogP contribution is -2.23. The quantitative estimate of drug-likeness (QED) is 0.266. The lowest BCUT2D eigenvalue weighted by molar-refractivity contribution is 0.0979. The smallest absolute Gasteiger partial charge is 0.195 e. The highest BCUT2D eigenvalue weighted by Gasteiger charge is 2.34. The Labute approximate surface area is 211 Å². The minimum atomic E-state index is -0.0607. The first-order valence-corrected chi connectivity index (χ1v) is 12.9. The molecule has 174 valence electrons. The van der Waals surface area contributed by atoms with E-state index in [4.69, 9.17) is 0 Å². The average molecular weight is 467 g/mol. The molecule has 2 heteroatoms. The molecule has 36 heavy (non-hydrogen) atoms. The lowest BCUT2D eigenvalue weighted by atomic mass is 9.72. The second kappa shape index (κ2) is 7.99. The van der Waals surface area contributed by atoms with E-state index in [0.29, 0.717) is 22.3 Å². The molecule has 4 aromatic carbocycles. The molecule has 0 heterocycles. The van der Waals surface area contributed by atoms with E-state index in [1.54, 1.807) is 18.2 Å². The van der Waals surface area contributed by atoms with E-state index < -0.39 is 0 Å². The number of allylic oxidation sites excluding steroid dienone is 4. The predicted octanol–water partition coefficient (Wildman–Crippen LogP) is 7.75. The fraction of sp³-hybridized carbons (Fsp3) is 0.176. The minimum absolute atomic E-state index is 0.0499. The fourth-order valence-electron chi connectivity index (χ4n) is 6.45. The number of carbonyl (C=O) groups is 2. The summed E-state index contributed by atoms with van der Waals surface area (Å²) < 4.78 is 0. The molecular formula is C34H26O2. The van der Waals surface area contributed by atoms with Crippen molar-refractivity contribution >= 4 is 33.5 Å². The van der Waals surface area contributed by atoms with Crippen LogP contribution in [0.3, 0.4) is 0 Å². The van der Waals surface area contributed by atoms with Crippen LogP contribution in [0.2, 0.25) is 0 Å². The van der Waals surface area contributed by atoms with Crippen LogP contribution in [0, 0.1) is 0 Å². The molecule has 0 saturated carbocycles. The van der Waals surface area contributed by atoms with Crippen LogP contribution in [-0.4, -0.2) is 11.6 Å². The van der Waals surface area contributed by atoms with Crippen LogP contribution in [-0.2, 0) is 12.8 Å². The Bertz CT molecular complexity index is 1700. The van der Waals surface area contributed by atoms with Gasteiger partial charge in [-0.2, -0.15) is 0 Å². The molecule has 3 aliphatic rings. The molecular weight excluding hydrogens is 440 g/mol. The Kier molecular flexibility index (Phi) is 4.72. The SMILES string of the molecule is CCc1ccc2c3c(ccc2c1)C1=C(CCC=C1c1cccc2c1C(=O)c1ccccc1C2=O)CC3. The first-order chi connectivity index (χ1) is 17.7. The summed E-state index contributed by atoms with van der Waals surface area (Å²) in [5, 5.41) is 2.63. The van der Waals surface area contributed by atoms with Crippen LogP contribution < -0.4 is 0 Å². The zero-order valence-corrected chi connectivity index (χ0v) is 20.4. The summed E-state index contributed by atoms with van der Waals surface area (Å²) in [4.78, 5) is 27.1. The van der Waals surface area contributed by atoms with Gasteiger partial charge in [-0.25, -0.2) is 0 Å². The first-order valence-electron chi connectivity index (χ1n) is 12.9. The zero-order valence-electron chi connectivity index (χ0n) is 20.4. The van der Waals surface area contributed by atoms with Gasteiger partial charge in [-0.05, 0) is 76.3 Å². The molecule has 0 N–H and O–H groups in total. The van der Waals surface area contributed by atoms with E-state index in [0.717, 1.165) is 43.2 Å². The van der Waals surface area contributed by atoms with Crippen molar-refractivity contribution in [2.45, 2.75) is 39.0 Å². The van der Waals surface area contributed by atoms with Crippen molar-refractivity contribution in [3.8, 4) is 0 Å². The van der Waals surface area contributed by atoms with Crippen molar-refractivity contribution in [1.29, 1.82) is 0 Å². The summed E-state index contributed by atoms with van der Waals surface area (Å²) >= 11 is 0. The maximum absolute atomic E-state index is 13.8. The molecule has 0 bridgehead atoms. The highest BCUT2D eigenvalue weighted by atomic mass is 16.1. The fourth-order valence-corrected chi connectivity index (χ4v) is 6.45. The van der Waals surface area contributed by atoms with Gasteiger partial charge in [0.2, 0.25) is 0 Å². The molecule has 2 nitrogen and oxygen atoms in total. The van der Waals surface area contributed by atoms with Crippen molar-refractivity contribution in [3.05, 3.63) is 129 Å². The van der Waals surface area contributed by atoms with Crippen LogP contribution in [0.4, 0.5) is 0 Å². The van der Waals surface area contributed by atoms with Crippen molar-refractivity contribution in [3.63, 3.8) is 0 Å². The standard InChI is InChI=1S/C34H26O2/c1-2-20-13-16-23-22(19-20)15-18-27-24(23)17-14-21-7-5-10-25(31(21)27)26-11-6-12-30-32(26)34(36)29-9-4-3-8-28(29)33(30)35/h3-4,6,8-13,15-16,18-19H,2,5,7,14,17H2,1H3. The van der Waals surface area contributed by atoms with Gasteiger partial charge in [0.15, 0.2) is 11.6 Å². The number of fused-ring (bicyclic) bond motifs is 6. The summed E-state index contributed by atoms with van der Waals surface area (Å²) in [5.41, 5.74) is 10.9. The monoisotopic (exact) mass is 466 g/mol. The topological polar surface area (TPSA) is 34.1 Å². The second-order valence-corrected chi connectivity index (χ2v) is 10.1. The van der Waals surface area contributed by atoms with Gasteiger partial charge in [0.05, 0.1) is 0 Å². The summed E-state index contributed by atoms with van der Waals surface area (Å²) in [6.45, 7) is 2.20. The molecule has 0 unspecified atom stereocenters. The number of hydrogen-bond donors (Lipinski definition) is 0. The van der Waals surface area contributed by atoms with Crippen molar-refractivity contribution in [2.75, 3.05) is 0 Å². The zero-order chi connectivity index (χ0) is 24.4. The lowest BCUT2D eigenvalue weighted by Gasteiger charge is -2.31. The molecule has 0 aromatic heterocycles. The summed E-state index contributed by atoms with van der Waals surface area (Å²) in [6.07, 6.45) is 7.41. The van der Waals surface area contributed by atoms with E-state index >= 15 is 0 Å². The van der Waals surface area contributed by atoms with E-state index in [1.165, 1.54) is 38.6 Å². The average Bonchev–Trinajstić information content (AvgIpc) is 2.94. The van der Waals surface area contributed by atoms with E-state index in [-0.39, 0.29) is 11.6 Å². The number of rotatable bonds is 2. The van der Waals surface area contributed by atoms with Gasteiger partial charge < -0.3 is 0 Å². The largest absolute Gasteiger partial charge is 0.289 e. The maximum Gasteiger partial charge on any atom is 0.195 e. The summed E-state index contributed by atoms with van der Waals surface area (Å²) in [7, 11) is 0. The highest BCUT2D eigenvalue weighted by molar-refractivity contribution is 6.30. The Morgan fingerprint density at radius 3 is 2.31 bits per heavy atom. The molecule has 0 saturated heterocycles. The molecule has 0 radical (unpaired) electrons. The Morgan fingerprint density at radius 2 is 1.47 bits per heavy atom. The van der Waals surface area contributed by atoms with Gasteiger partial charge in [-0.15, -0.1) is 0 Å². The number of hydrogen-bond acceptors (Lipinski definition) is 2. The van der Waals surface area contributed by atoms with E-state index in [1.807, 2.05) is 24.3 Å². The van der Waals surface area contributed by atoms with Crippen molar-refractivity contribution < 1.29 is 9.59 Å². The van der Waals surface area contributed by atoms with Gasteiger partial charge in [-0.3, -0.25) is 9.59 Å². The van der Waals surface area contributed by atoms with Crippen molar-refractivity contribution in [1.82, 2.24) is 0 Å². The van der Waals surface area contributed by atoms with Gasteiger partial charge in [0, 0.05) is 22.3 Å².